The van der Waals surface area contributed by atoms with Gasteiger partial charge >= 0.3 is 0 Å². The van der Waals surface area contributed by atoms with E-state index in [0.29, 0.717) is 29.5 Å². The minimum absolute atomic E-state index is 0.165. The molecule has 1 N–H and O–H groups in total. The largest absolute Gasteiger partial charge is 0.484 e. The van der Waals surface area contributed by atoms with Gasteiger partial charge in [0.2, 0.25) is 6.79 Å². The van der Waals surface area contributed by atoms with Crippen molar-refractivity contribution in [3.63, 3.8) is 0 Å². The fourth-order valence-corrected chi connectivity index (χ4v) is 4.31. The highest BCUT2D eigenvalue weighted by atomic mass is 32.2. The Bertz CT molecular complexity index is 1200. The molecule has 0 saturated heterocycles. The molecule has 0 unspecified atom stereocenters. The normalized spacial score (nSPS) is 12.3. The summed E-state index contributed by atoms with van der Waals surface area (Å²) in [6.07, 6.45) is 0. The summed E-state index contributed by atoms with van der Waals surface area (Å²) in [5, 5.41) is 2.78. The second kappa shape index (κ2) is 9.19. The summed E-state index contributed by atoms with van der Waals surface area (Å²) in [7, 11) is -2.17. The van der Waals surface area contributed by atoms with Crippen molar-refractivity contribution >= 4 is 21.6 Å². The topological polar surface area (TPSA) is 94.2 Å². The molecule has 32 heavy (non-hydrogen) atoms. The molecule has 1 aliphatic heterocycles. The first-order chi connectivity index (χ1) is 15.4. The van der Waals surface area contributed by atoms with E-state index in [1.807, 2.05) is 12.1 Å². The van der Waals surface area contributed by atoms with Crippen LogP contribution in [0.25, 0.3) is 0 Å². The van der Waals surface area contributed by atoms with Crippen LogP contribution in [-0.2, 0) is 21.4 Å². The van der Waals surface area contributed by atoms with Crippen molar-refractivity contribution in [1.29, 1.82) is 0 Å². The van der Waals surface area contributed by atoms with Crippen molar-refractivity contribution in [3.8, 4) is 17.2 Å². The molecule has 0 bridgehead atoms. The number of carbonyl (C=O) groups excluding carboxylic acids is 1. The van der Waals surface area contributed by atoms with Gasteiger partial charge in [0.25, 0.3) is 15.9 Å². The Balaban J connectivity index is 1.29. The lowest BCUT2D eigenvalue weighted by Gasteiger charge is -2.19. The highest BCUT2D eigenvalue weighted by Gasteiger charge is 2.21. The zero-order chi connectivity index (χ0) is 22.6. The fraction of sp³-hybridized carbons (Fsp3) is 0.174. The van der Waals surface area contributed by atoms with Gasteiger partial charge in [-0.3, -0.25) is 9.10 Å². The highest BCUT2D eigenvalue weighted by molar-refractivity contribution is 7.92. The van der Waals surface area contributed by atoms with Crippen molar-refractivity contribution in [3.05, 3.63) is 78.4 Å². The van der Waals surface area contributed by atoms with Crippen LogP contribution in [0.3, 0.4) is 0 Å². The van der Waals surface area contributed by atoms with E-state index >= 15 is 0 Å². The van der Waals surface area contributed by atoms with Crippen LogP contribution in [0, 0.1) is 0 Å². The van der Waals surface area contributed by atoms with Crippen molar-refractivity contribution in [2.24, 2.45) is 0 Å². The van der Waals surface area contributed by atoms with E-state index < -0.39 is 10.0 Å². The number of hydrogen-bond donors (Lipinski definition) is 1. The van der Waals surface area contributed by atoms with Crippen molar-refractivity contribution in [2.45, 2.75) is 11.4 Å². The number of nitrogens with one attached hydrogen (secondary N) is 1. The molecule has 9 heteroatoms. The maximum Gasteiger partial charge on any atom is 0.264 e. The zero-order valence-electron chi connectivity index (χ0n) is 17.4. The lowest BCUT2D eigenvalue weighted by molar-refractivity contribution is -0.123. The first-order valence-electron chi connectivity index (χ1n) is 9.85. The average Bonchev–Trinajstić information content (AvgIpc) is 3.30. The molecule has 0 radical (unpaired) electrons. The molecule has 0 aliphatic carbocycles. The maximum atomic E-state index is 12.7. The Labute approximate surface area is 186 Å². The second-order valence-corrected chi connectivity index (χ2v) is 9.00. The third kappa shape index (κ3) is 4.78. The summed E-state index contributed by atoms with van der Waals surface area (Å²) in [6.45, 7) is 0.369. The Morgan fingerprint density at radius 2 is 1.72 bits per heavy atom. The molecule has 3 aromatic carbocycles. The van der Waals surface area contributed by atoms with E-state index in [0.717, 1.165) is 5.56 Å². The minimum Gasteiger partial charge on any atom is -0.484 e. The number of sulfonamides is 1. The van der Waals surface area contributed by atoms with Crippen molar-refractivity contribution in [2.75, 3.05) is 24.8 Å². The predicted molar refractivity (Wildman–Crippen MR) is 118 cm³/mol. The lowest BCUT2D eigenvalue weighted by Crippen LogP contribution is -2.28. The first-order valence-corrected chi connectivity index (χ1v) is 11.3. The van der Waals surface area contributed by atoms with E-state index in [-0.39, 0.29) is 24.2 Å². The minimum atomic E-state index is -3.66. The monoisotopic (exact) mass is 454 g/mol. The van der Waals surface area contributed by atoms with E-state index in [4.69, 9.17) is 14.2 Å². The van der Waals surface area contributed by atoms with Gasteiger partial charge in [0.1, 0.15) is 5.75 Å². The van der Waals surface area contributed by atoms with Gasteiger partial charge in [-0.2, -0.15) is 0 Å². The Kier molecular flexibility index (Phi) is 6.18. The standard InChI is InChI=1S/C23H22N2O6S/c1-25(32(27,28)20-5-3-2-4-6-20)18-8-10-19(11-9-18)29-15-23(26)24-14-17-7-12-21-22(13-17)31-16-30-21/h2-13H,14-16H2,1H3,(H,24,26). The molecule has 8 nitrogen and oxygen atoms in total. The van der Waals surface area contributed by atoms with Crippen LogP contribution in [0.15, 0.2) is 77.7 Å². The molecule has 4 rings (SSSR count). The number of ether oxygens (including phenoxy) is 3. The van der Waals surface area contributed by atoms with Crippen LogP contribution in [0.5, 0.6) is 17.2 Å². The summed E-state index contributed by atoms with van der Waals surface area (Å²) < 4.78 is 42.7. The van der Waals surface area contributed by atoms with Gasteiger partial charge in [0, 0.05) is 13.6 Å². The molecule has 3 aromatic rings. The second-order valence-electron chi connectivity index (χ2n) is 7.03. The molecule has 1 aliphatic rings. The van der Waals surface area contributed by atoms with Gasteiger partial charge in [-0.05, 0) is 54.1 Å². The third-order valence-electron chi connectivity index (χ3n) is 4.90. The maximum absolute atomic E-state index is 12.7. The molecule has 1 heterocycles. The number of rotatable bonds is 8. The Morgan fingerprint density at radius 3 is 2.47 bits per heavy atom. The quantitative estimate of drug-likeness (QED) is 0.563. The SMILES string of the molecule is CN(c1ccc(OCC(=O)NCc2ccc3c(c2)OCO3)cc1)S(=O)(=O)c1ccccc1. The van der Waals surface area contributed by atoms with Crippen LogP contribution in [0.1, 0.15) is 5.56 Å². The van der Waals surface area contributed by atoms with E-state index in [1.165, 1.54) is 11.4 Å². The number of amides is 1. The van der Waals surface area contributed by atoms with Crippen LogP contribution in [-0.4, -0.2) is 34.8 Å². The predicted octanol–water partition coefficient (Wildman–Crippen LogP) is 2.94. The summed E-state index contributed by atoms with van der Waals surface area (Å²) in [6, 6.07) is 20.2. The van der Waals surface area contributed by atoms with E-state index in [1.54, 1.807) is 60.7 Å². The number of fused-ring (bicyclic) bond motifs is 1. The van der Waals surface area contributed by atoms with E-state index in [2.05, 4.69) is 5.32 Å². The first kappa shape index (κ1) is 21.5. The van der Waals surface area contributed by atoms with Crippen LogP contribution in [0.2, 0.25) is 0 Å². The zero-order valence-corrected chi connectivity index (χ0v) is 18.2. The third-order valence-corrected chi connectivity index (χ3v) is 6.70. The summed E-state index contributed by atoms with van der Waals surface area (Å²) in [5.41, 5.74) is 1.36. The molecule has 0 saturated carbocycles. The molecule has 1 amide bonds. The number of anilines is 1. The van der Waals surface area contributed by atoms with Gasteiger partial charge in [-0.25, -0.2) is 8.42 Å². The Morgan fingerprint density at radius 1 is 1.00 bits per heavy atom. The molecule has 0 fully saturated rings. The fourth-order valence-electron chi connectivity index (χ4n) is 3.09. The lowest BCUT2D eigenvalue weighted by atomic mass is 10.2. The van der Waals surface area contributed by atoms with Crippen LogP contribution < -0.4 is 23.8 Å². The van der Waals surface area contributed by atoms with Gasteiger partial charge in [0.05, 0.1) is 10.6 Å². The summed E-state index contributed by atoms with van der Waals surface area (Å²) >= 11 is 0. The molecule has 0 atom stereocenters. The molecule has 0 aromatic heterocycles. The van der Waals surface area contributed by atoms with Crippen LogP contribution in [0.4, 0.5) is 5.69 Å². The summed E-state index contributed by atoms with van der Waals surface area (Å²) in [4.78, 5) is 12.3. The van der Waals surface area contributed by atoms with Crippen molar-refractivity contribution in [1.82, 2.24) is 5.32 Å². The van der Waals surface area contributed by atoms with Gasteiger partial charge < -0.3 is 19.5 Å². The number of benzene rings is 3. The summed E-state index contributed by atoms with van der Waals surface area (Å²) in [5.74, 6) is 1.52. The van der Waals surface area contributed by atoms with Gasteiger partial charge in [-0.1, -0.05) is 24.3 Å². The Hall–Kier alpha value is -3.72. The highest BCUT2D eigenvalue weighted by Crippen LogP contribution is 2.32. The molecular formula is C23H22N2O6S. The van der Waals surface area contributed by atoms with Crippen molar-refractivity contribution < 1.29 is 27.4 Å². The van der Waals surface area contributed by atoms with Gasteiger partial charge in [-0.15, -0.1) is 0 Å². The molecule has 0 spiro atoms. The number of nitrogens with zero attached hydrogens (tertiary/aromatic N) is 1. The average molecular weight is 455 g/mol. The van der Waals surface area contributed by atoms with E-state index in [9.17, 15) is 13.2 Å². The van der Waals surface area contributed by atoms with Gasteiger partial charge in [0.15, 0.2) is 18.1 Å². The number of carbonyl (C=O) groups is 1. The molecular weight excluding hydrogens is 432 g/mol. The molecule has 166 valence electrons. The smallest absolute Gasteiger partial charge is 0.264 e. The van der Waals surface area contributed by atoms with Crippen LogP contribution >= 0.6 is 0 Å². The number of hydrogen-bond acceptors (Lipinski definition) is 6.